The molecule has 5 nitrogen and oxygen atoms in total. The van der Waals surface area contributed by atoms with Gasteiger partial charge in [-0.25, -0.2) is 4.79 Å². The normalized spacial score (nSPS) is 11.4. The second kappa shape index (κ2) is 8.98. The summed E-state index contributed by atoms with van der Waals surface area (Å²) in [4.78, 5) is 24.8. The zero-order valence-corrected chi connectivity index (χ0v) is 14.4. The molecular weight excluding hydrogens is 324 g/mol. The van der Waals surface area contributed by atoms with E-state index in [1.807, 2.05) is 54.6 Å². The Balaban J connectivity index is 1.78. The minimum absolute atomic E-state index is 0.332. The van der Waals surface area contributed by atoms with Gasteiger partial charge in [0.1, 0.15) is 5.75 Å². The van der Waals surface area contributed by atoms with Crippen molar-refractivity contribution in [2.45, 2.75) is 23.6 Å². The molecule has 0 aliphatic carbocycles. The van der Waals surface area contributed by atoms with Crippen LogP contribution in [0.4, 0.5) is 4.79 Å². The first-order chi connectivity index (χ1) is 11.6. The van der Waals surface area contributed by atoms with Gasteiger partial charge < -0.3 is 10.1 Å². The van der Waals surface area contributed by atoms with Gasteiger partial charge in [-0.3, -0.25) is 10.1 Å². The average Bonchev–Trinajstić information content (AvgIpc) is 2.61. The van der Waals surface area contributed by atoms with E-state index >= 15 is 0 Å². The second-order valence-electron chi connectivity index (χ2n) is 5.09. The number of hydrogen-bond acceptors (Lipinski definition) is 4. The summed E-state index contributed by atoms with van der Waals surface area (Å²) in [5.74, 6) is 0.429. The van der Waals surface area contributed by atoms with Gasteiger partial charge in [-0.2, -0.15) is 0 Å². The average molecular weight is 344 g/mol. The molecular formula is C18H20N2O3S. The van der Waals surface area contributed by atoms with Crippen LogP contribution in [0.5, 0.6) is 5.75 Å². The number of amides is 3. The maximum atomic E-state index is 12.1. The molecule has 2 aromatic carbocycles. The summed E-state index contributed by atoms with van der Waals surface area (Å²) in [6.45, 7) is 2.13. The van der Waals surface area contributed by atoms with Crippen molar-refractivity contribution < 1.29 is 14.3 Å². The Morgan fingerprint density at radius 2 is 1.75 bits per heavy atom. The van der Waals surface area contributed by atoms with E-state index in [1.165, 1.54) is 11.8 Å². The van der Waals surface area contributed by atoms with Crippen molar-refractivity contribution >= 4 is 23.7 Å². The summed E-state index contributed by atoms with van der Waals surface area (Å²) in [7, 11) is 1.60. The maximum Gasteiger partial charge on any atom is 0.321 e. The molecule has 0 saturated carbocycles. The highest BCUT2D eigenvalue weighted by Crippen LogP contribution is 2.25. The summed E-state index contributed by atoms with van der Waals surface area (Å²) in [6, 6.07) is 16.4. The number of thioether (sulfide) groups is 1. The third-order valence-electron chi connectivity index (χ3n) is 3.27. The number of hydrogen-bond donors (Lipinski definition) is 2. The van der Waals surface area contributed by atoms with Gasteiger partial charge in [0.2, 0.25) is 5.91 Å². The highest BCUT2D eigenvalue weighted by Gasteiger charge is 2.17. The van der Waals surface area contributed by atoms with Gasteiger partial charge in [-0.15, -0.1) is 11.8 Å². The summed E-state index contributed by atoms with van der Waals surface area (Å²) in [6.07, 6.45) is 0. The largest absolute Gasteiger partial charge is 0.497 e. The lowest BCUT2D eigenvalue weighted by Crippen LogP contribution is -2.42. The van der Waals surface area contributed by atoms with Gasteiger partial charge in [-0.05, 0) is 36.8 Å². The number of methoxy groups -OCH3 is 1. The first-order valence-electron chi connectivity index (χ1n) is 7.52. The first-order valence-corrected chi connectivity index (χ1v) is 8.40. The van der Waals surface area contributed by atoms with Crippen LogP contribution in [-0.4, -0.2) is 24.3 Å². The number of ether oxygens (including phenoxy) is 1. The van der Waals surface area contributed by atoms with Crippen molar-refractivity contribution in [2.75, 3.05) is 7.11 Å². The molecule has 2 N–H and O–H groups in total. The van der Waals surface area contributed by atoms with E-state index in [-0.39, 0.29) is 11.2 Å². The molecule has 2 aromatic rings. The molecule has 0 aromatic heterocycles. The Hall–Kier alpha value is -2.47. The Kier molecular flexibility index (Phi) is 6.69. The van der Waals surface area contributed by atoms with E-state index in [2.05, 4.69) is 10.6 Å². The second-order valence-corrected chi connectivity index (χ2v) is 6.51. The fourth-order valence-corrected chi connectivity index (χ4v) is 2.82. The van der Waals surface area contributed by atoms with Crippen LogP contribution in [0.15, 0.2) is 59.5 Å². The summed E-state index contributed by atoms with van der Waals surface area (Å²) < 4.78 is 5.10. The van der Waals surface area contributed by atoms with E-state index in [1.54, 1.807) is 14.0 Å². The van der Waals surface area contributed by atoms with Gasteiger partial charge in [0.15, 0.2) is 0 Å². The Morgan fingerprint density at radius 1 is 1.08 bits per heavy atom. The molecule has 3 amide bonds. The molecule has 1 atom stereocenters. The quantitative estimate of drug-likeness (QED) is 0.790. The predicted molar refractivity (Wildman–Crippen MR) is 95.1 cm³/mol. The van der Waals surface area contributed by atoms with Crippen LogP contribution in [0.3, 0.4) is 0 Å². The van der Waals surface area contributed by atoms with Gasteiger partial charge in [0, 0.05) is 11.4 Å². The van der Waals surface area contributed by atoms with Crippen molar-refractivity contribution in [1.82, 2.24) is 10.6 Å². The van der Waals surface area contributed by atoms with Crippen molar-refractivity contribution in [3.63, 3.8) is 0 Å². The van der Waals surface area contributed by atoms with Crippen molar-refractivity contribution in [3.05, 3.63) is 60.2 Å². The van der Waals surface area contributed by atoms with E-state index in [9.17, 15) is 9.59 Å². The van der Waals surface area contributed by atoms with Crippen molar-refractivity contribution in [2.24, 2.45) is 0 Å². The summed E-state index contributed by atoms with van der Waals surface area (Å²) >= 11 is 1.38. The zero-order valence-electron chi connectivity index (χ0n) is 13.6. The molecule has 0 radical (unpaired) electrons. The molecule has 0 spiro atoms. The molecule has 6 heteroatoms. The van der Waals surface area contributed by atoms with Gasteiger partial charge in [0.25, 0.3) is 0 Å². The summed E-state index contributed by atoms with van der Waals surface area (Å²) in [5, 5.41) is 4.64. The van der Waals surface area contributed by atoms with Gasteiger partial charge in [0.05, 0.1) is 12.4 Å². The van der Waals surface area contributed by atoms with Gasteiger partial charge >= 0.3 is 6.03 Å². The van der Waals surface area contributed by atoms with Crippen LogP contribution in [0.1, 0.15) is 12.5 Å². The number of carbonyl (C=O) groups is 2. The van der Waals surface area contributed by atoms with E-state index < -0.39 is 6.03 Å². The van der Waals surface area contributed by atoms with Crippen LogP contribution in [0.2, 0.25) is 0 Å². The molecule has 0 heterocycles. The number of carbonyl (C=O) groups excluding carboxylic acids is 2. The Morgan fingerprint density at radius 3 is 2.38 bits per heavy atom. The number of urea groups is 1. The van der Waals surface area contributed by atoms with Crippen LogP contribution in [-0.2, 0) is 11.3 Å². The molecule has 0 aliphatic heterocycles. The lowest BCUT2D eigenvalue weighted by atomic mass is 10.2. The van der Waals surface area contributed by atoms with Crippen molar-refractivity contribution in [3.8, 4) is 5.75 Å². The molecule has 2 rings (SSSR count). The number of imide groups is 1. The lowest BCUT2D eigenvalue weighted by Gasteiger charge is -2.12. The van der Waals surface area contributed by atoms with E-state index in [0.717, 1.165) is 16.2 Å². The number of nitrogens with one attached hydrogen (secondary N) is 2. The Labute approximate surface area is 145 Å². The highest BCUT2D eigenvalue weighted by molar-refractivity contribution is 8.00. The first kappa shape index (κ1) is 17.9. The van der Waals surface area contributed by atoms with E-state index in [0.29, 0.717) is 6.54 Å². The maximum absolute atomic E-state index is 12.1. The molecule has 126 valence electrons. The van der Waals surface area contributed by atoms with Crippen molar-refractivity contribution in [1.29, 1.82) is 0 Å². The predicted octanol–water partition coefficient (Wildman–Crippen LogP) is 3.20. The minimum Gasteiger partial charge on any atom is -0.497 e. The number of rotatable bonds is 6. The zero-order chi connectivity index (χ0) is 17.4. The fraction of sp³-hybridized carbons (Fsp3) is 0.222. The molecule has 0 aliphatic rings. The smallest absolute Gasteiger partial charge is 0.321 e. The van der Waals surface area contributed by atoms with E-state index in [4.69, 9.17) is 4.74 Å². The Bertz CT molecular complexity index is 674. The summed E-state index contributed by atoms with van der Waals surface area (Å²) in [5.41, 5.74) is 0.973. The molecule has 0 saturated heterocycles. The number of benzene rings is 2. The minimum atomic E-state index is -0.494. The molecule has 24 heavy (non-hydrogen) atoms. The third kappa shape index (κ3) is 5.62. The topological polar surface area (TPSA) is 67.4 Å². The lowest BCUT2D eigenvalue weighted by molar-refractivity contribution is -0.119. The van der Waals surface area contributed by atoms with Crippen LogP contribution in [0.25, 0.3) is 0 Å². The molecule has 0 bridgehead atoms. The SMILES string of the molecule is COc1ccc(SC(C)C(=O)NC(=O)NCc2ccccc2)cc1. The van der Waals surface area contributed by atoms with Crippen LogP contribution < -0.4 is 15.4 Å². The molecule has 1 unspecified atom stereocenters. The third-order valence-corrected chi connectivity index (χ3v) is 4.39. The monoisotopic (exact) mass is 344 g/mol. The molecule has 0 fully saturated rings. The van der Waals surface area contributed by atoms with Crippen LogP contribution in [0, 0.1) is 0 Å². The van der Waals surface area contributed by atoms with Crippen LogP contribution >= 0.6 is 11.8 Å². The standard InChI is InChI=1S/C18H20N2O3S/c1-13(24-16-10-8-15(23-2)9-11-16)17(21)20-18(22)19-12-14-6-4-3-5-7-14/h3-11,13H,12H2,1-2H3,(H2,19,20,21,22). The highest BCUT2D eigenvalue weighted by atomic mass is 32.2. The fourth-order valence-electron chi connectivity index (χ4n) is 1.95. The van der Waals surface area contributed by atoms with Gasteiger partial charge in [-0.1, -0.05) is 30.3 Å².